The largest absolute Gasteiger partial charge is 0.493 e. The number of rotatable bonds is 6. The van der Waals surface area contributed by atoms with Gasteiger partial charge in [0.1, 0.15) is 11.4 Å². The van der Waals surface area contributed by atoms with Crippen molar-refractivity contribution in [2.24, 2.45) is 0 Å². The molecule has 40 heavy (non-hydrogen) atoms. The monoisotopic (exact) mass is 562 g/mol. The van der Waals surface area contributed by atoms with Crippen molar-refractivity contribution >= 4 is 43.3 Å². The van der Waals surface area contributed by atoms with Crippen LogP contribution in [0.3, 0.4) is 0 Å². The molecule has 10 nitrogen and oxygen atoms in total. The summed E-state index contributed by atoms with van der Waals surface area (Å²) in [7, 11) is -5.25. The normalized spacial score (nSPS) is 14.5. The molecule has 5 aromatic rings. The molecular weight excluding hydrogens is 539 g/mol. The van der Waals surface area contributed by atoms with Crippen LogP contribution in [0.1, 0.15) is 31.4 Å². The van der Waals surface area contributed by atoms with Crippen LogP contribution in [0.4, 0.5) is 3.89 Å². The molecular formula is C28H23FN4O6S. The molecule has 0 radical (unpaired) electrons. The maximum Gasteiger partial charge on any atom is 0.488 e. The summed E-state index contributed by atoms with van der Waals surface area (Å²) in [6, 6.07) is 12.1. The van der Waals surface area contributed by atoms with Crippen molar-refractivity contribution in [3.8, 4) is 28.7 Å². The van der Waals surface area contributed by atoms with E-state index in [2.05, 4.69) is 24.8 Å². The lowest BCUT2D eigenvalue weighted by atomic mass is 10.00. The number of nitriles is 1. The number of H-pyrrole nitrogens is 1. The van der Waals surface area contributed by atoms with Gasteiger partial charge in [0.2, 0.25) is 0 Å². The minimum atomic E-state index is -5.25. The number of halogens is 1. The molecule has 4 heterocycles. The van der Waals surface area contributed by atoms with E-state index in [0.717, 1.165) is 6.20 Å². The number of hydrogen-bond donors (Lipinski definition) is 1. The van der Waals surface area contributed by atoms with Gasteiger partial charge in [0.15, 0.2) is 11.2 Å². The number of aromatic nitrogens is 3. The van der Waals surface area contributed by atoms with E-state index in [1.807, 2.05) is 0 Å². The lowest BCUT2D eigenvalue weighted by molar-refractivity contribution is 0.0715. The Labute approximate surface area is 227 Å². The molecule has 3 aromatic heterocycles. The molecule has 1 N–H and O–H groups in total. The zero-order chi connectivity index (χ0) is 28.0. The summed E-state index contributed by atoms with van der Waals surface area (Å²) in [5.41, 5.74) is 3.13. The zero-order valence-corrected chi connectivity index (χ0v) is 22.1. The molecule has 12 heteroatoms. The van der Waals surface area contributed by atoms with Crippen LogP contribution in [0.2, 0.25) is 0 Å². The second-order valence-corrected chi connectivity index (χ2v) is 10.4. The number of fused-ring (bicyclic) bond motifs is 4. The second kappa shape index (κ2) is 9.93. The predicted octanol–water partition coefficient (Wildman–Crippen LogP) is 4.91. The highest BCUT2D eigenvalue weighted by molar-refractivity contribution is 7.81. The summed E-state index contributed by atoms with van der Waals surface area (Å²) in [5.74, 6) is 0.0716. The van der Waals surface area contributed by atoms with Gasteiger partial charge < -0.3 is 23.2 Å². The lowest BCUT2D eigenvalue weighted by Crippen LogP contribution is -2.22. The third-order valence-corrected chi connectivity index (χ3v) is 7.45. The van der Waals surface area contributed by atoms with E-state index in [1.54, 1.807) is 37.3 Å². The van der Waals surface area contributed by atoms with Crippen LogP contribution in [0.5, 0.6) is 11.5 Å². The lowest BCUT2D eigenvalue weighted by Gasteiger charge is -2.28. The third kappa shape index (κ3) is 4.53. The van der Waals surface area contributed by atoms with E-state index in [4.69, 9.17) is 9.47 Å². The predicted molar refractivity (Wildman–Crippen MR) is 146 cm³/mol. The van der Waals surface area contributed by atoms with Gasteiger partial charge in [-0.25, -0.2) is 0 Å². The zero-order valence-electron chi connectivity index (χ0n) is 21.3. The first-order valence-electron chi connectivity index (χ1n) is 12.6. The number of hydrogen-bond acceptors (Lipinski definition) is 8. The average Bonchev–Trinajstić information content (AvgIpc) is 3.31. The average molecular weight is 563 g/mol. The quantitative estimate of drug-likeness (QED) is 0.288. The Bertz CT molecular complexity index is 2010. The Morgan fingerprint density at radius 3 is 2.70 bits per heavy atom. The number of ether oxygens (including phenoxy) is 2. The molecule has 0 spiro atoms. The molecule has 6 rings (SSSR count). The van der Waals surface area contributed by atoms with Crippen LogP contribution >= 0.6 is 0 Å². The Kier molecular flexibility index (Phi) is 6.40. The van der Waals surface area contributed by atoms with Crippen molar-refractivity contribution in [3.63, 3.8) is 0 Å². The first-order chi connectivity index (χ1) is 19.3. The molecule has 0 amide bonds. The summed E-state index contributed by atoms with van der Waals surface area (Å²) in [6.07, 6.45) is 3.99. The summed E-state index contributed by atoms with van der Waals surface area (Å²) in [4.78, 5) is 21.5. The smallest absolute Gasteiger partial charge is 0.488 e. The molecule has 204 valence electrons. The van der Waals surface area contributed by atoms with Crippen molar-refractivity contribution in [2.45, 2.75) is 25.8 Å². The van der Waals surface area contributed by atoms with Gasteiger partial charge in [-0.05, 0) is 50.1 Å². The molecule has 1 aliphatic rings. The Morgan fingerprint density at radius 2 is 1.98 bits per heavy atom. The van der Waals surface area contributed by atoms with Crippen molar-refractivity contribution in [1.29, 1.82) is 5.26 Å². The highest BCUT2D eigenvalue weighted by Gasteiger charge is 2.25. The molecule has 0 bridgehead atoms. The fourth-order valence-corrected chi connectivity index (χ4v) is 5.74. The van der Waals surface area contributed by atoms with E-state index in [9.17, 15) is 22.4 Å². The number of nitrogens with one attached hydrogen (secondary N) is 1. The third-order valence-electron chi connectivity index (χ3n) is 7.05. The molecule has 0 aliphatic carbocycles. The summed E-state index contributed by atoms with van der Waals surface area (Å²) in [6.45, 7) is 3.21. The van der Waals surface area contributed by atoms with Crippen LogP contribution in [-0.2, 0) is 15.2 Å². The maximum absolute atomic E-state index is 14.0. The van der Waals surface area contributed by atoms with Crippen molar-refractivity contribution in [3.05, 3.63) is 64.6 Å². The molecule has 0 unspecified atom stereocenters. The highest BCUT2D eigenvalue weighted by Crippen LogP contribution is 2.39. The van der Waals surface area contributed by atoms with E-state index >= 15 is 0 Å². The number of aromatic amines is 1. The van der Waals surface area contributed by atoms with Crippen LogP contribution < -0.4 is 14.3 Å². The maximum atomic E-state index is 14.0. The van der Waals surface area contributed by atoms with Crippen LogP contribution in [-0.4, -0.2) is 42.8 Å². The van der Waals surface area contributed by atoms with E-state index in [-0.39, 0.29) is 17.2 Å². The standard InChI is InChI=1S/C28H23FN4O6S/c1-2-38-25-12-22-24(11-21(25)17-10-19(15-31-14-17)39-40(29,35)36)33(18-5-7-37-8-6-18)28-26(27(22)34)20-4-3-16(13-30)9-23(20)32-28/h3-4,9-12,14-15,18,32H,2,5-8H2,1H3. The first-order valence-corrected chi connectivity index (χ1v) is 14.0. The highest BCUT2D eigenvalue weighted by atomic mass is 32.3. The van der Waals surface area contributed by atoms with Crippen LogP contribution in [0.15, 0.2) is 53.6 Å². The van der Waals surface area contributed by atoms with E-state index < -0.39 is 10.5 Å². The number of nitrogens with zero attached hydrogens (tertiary/aromatic N) is 3. The van der Waals surface area contributed by atoms with Gasteiger partial charge in [0, 0.05) is 47.5 Å². The minimum absolute atomic E-state index is 0.00174. The molecule has 1 saturated heterocycles. The Balaban J connectivity index is 1.70. The van der Waals surface area contributed by atoms with Crippen LogP contribution in [0.25, 0.3) is 44.0 Å². The Hall–Kier alpha value is -4.47. The van der Waals surface area contributed by atoms with Gasteiger partial charge in [-0.2, -0.15) is 13.7 Å². The van der Waals surface area contributed by atoms with Gasteiger partial charge in [0.25, 0.3) is 0 Å². The van der Waals surface area contributed by atoms with Gasteiger partial charge >= 0.3 is 10.5 Å². The molecule has 2 aromatic carbocycles. The summed E-state index contributed by atoms with van der Waals surface area (Å²) < 4.78 is 53.4. The summed E-state index contributed by atoms with van der Waals surface area (Å²) >= 11 is 0. The molecule has 0 saturated carbocycles. The SMILES string of the molecule is CCOc1cc2c(=O)c3c4ccc(C#N)cc4[nH]c3n(C3CCOCC3)c2cc1-c1cncc(OS(=O)(=O)F)c1. The van der Waals surface area contributed by atoms with Gasteiger partial charge in [-0.1, -0.05) is 9.95 Å². The van der Waals surface area contributed by atoms with Crippen molar-refractivity contribution in [2.75, 3.05) is 19.8 Å². The molecule has 1 aliphatic heterocycles. The summed E-state index contributed by atoms with van der Waals surface area (Å²) in [5, 5.41) is 11.1. The van der Waals surface area contributed by atoms with E-state index in [0.29, 0.717) is 87.9 Å². The Morgan fingerprint density at radius 1 is 1.18 bits per heavy atom. The molecule has 1 fully saturated rings. The molecule has 0 atom stereocenters. The second-order valence-electron chi connectivity index (χ2n) is 9.45. The number of pyridine rings is 2. The van der Waals surface area contributed by atoms with Gasteiger partial charge in [0.05, 0.1) is 40.7 Å². The van der Waals surface area contributed by atoms with Crippen LogP contribution in [0, 0.1) is 11.3 Å². The van der Waals surface area contributed by atoms with Crippen molar-refractivity contribution < 1.29 is 26.0 Å². The fraction of sp³-hybridized carbons (Fsp3) is 0.250. The fourth-order valence-electron chi connectivity index (χ4n) is 5.42. The first kappa shape index (κ1) is 25.8. The minimum Gasteiger partial charge on any atom is -0.493 e. The topological polar surface area (TPSA) is 136 Å². The van der Waals surface area contributed by atoms with Crippen molar-refractivity contribution in [1.82, 2.24) is 14.5 Å². The van der Waals surface area contributed by atoms with E-state index in [1.165, 1.54) is 12.3 Å². The van der Waals surface area contributed by atoms with Gasteiger partial charge in [-0.3, -0.25) is 9.78 Å². The number of benzene rings is 2. The van der Waals surface area contributed by atoms with Gasteiger partial charge in [-0.15, -0.1) is 0 Å².